The highest BCUT2D eigenvalue weighted by molar-refractivity contribution is 6.68. The summed E-state index contributed by atoms with van der Waals surface area (Å²) in [6.07, 6.45) is 0.385. The van der Waals surface area contributed by atoms with Crippen LogP contribution in [0.3, 0.4) is 0 Å². The van der Waals surface area contributed by atoms with Crippen molar-refractivity contribution < 1.29 is 19.2 Å². The summed E-state index contributed by atoms with van der Waals surface area (Å²) < 4.78 is 4.74. The van der Waals surface area contributed by atoms with Crippen molar-refractivity contribution in [1.29, 1.82) is 0 Å². The van der Waals surface area contributed by atoms with Gasteiger partial charge in [-0.15, -0.1) is 0 Å². The fourth-order valence-electron chi connectivity index (χ4n) is 1.20. The summed E-state index contributed by atoms with van der Waals surface area (Å²) in [5.41, 5.74) is -0.701. The van der Waals surface area contributed by atoms with Gasteiger partial charge in [-0.25, -0.2) is 0 Å². The van der Waals surface area contributed by atoms with Crippen molar-refractivity contribution >= 4 is 28.8 Å². The summed E-state index contributed by atoms with van der Waals surface area (Å²) in [6, 6.07) is 2.14. The van der Waals surface area contributed by atoms with E-state index in [4.69, 9.17) is 16.3 Å². The van der Waals surface area contributed by atoms with Crippen molar-refractivity contribution in [3.63, 3.8) is 0 Å². The predicted octanol–water partition coefficient (Wildman–Crippen LogP) is 1.79. The van der Waals surface area contributed by atoms with Gasteiger partial charge in [0.1, 0.15) is 6.29 Å². The van der Waals surface area contributed by atoms with E-state index < -0.39 is 15.9 Å². The molecule has 1 rings (SSSR count). The van der Waals surface area contributed by atoms with Crippen molar-refractivity contribution in [2.75, 3.05) is 7.11 Å². The second-order valence-corrected chi connectivity index (χ2v) is 3.11. The SMILES string of the molecule is COc1c(C(=O)Cl)cc(C=O)cc1[N+](=O)[O-]. The number of carbonyl (C=O) groups excluding carboxylic acids is 2. The topological polar surface area (TPSA) is 86.5 Å². The molecule has 0 fully saturated rings. The second kappa shape index (κ2) is 4.71. The first-order valence-corrected chi connectivity index (χ1v) is 4.40. The molecule has 0 aliphatic rings. The fraction of sp³-hybridized carbons (Fsp3) is 0.111. The van der Waals surface area contributed by atoms with Gasteiger partial charge in [0.15, 0.2) is 0 Å². The van der Waals surface area contributed by atoms with Gasteiger partial charge in [0.25, 0.3) is 5.24 Å². The van der Waals surface area contributed by atoms with E-state index in [9.17, 15) is 19.7 Å². The van der Waals surface area contributed by atoms with Crippen molar-refractivity contribution in [3.05, 3.63) is 33.4 Å². The first kappa shape index (κ1) is 12.1. The van der Waals surface area contributed by atoms with Crippen LogP contribution in [0, 0.1) is 10.1 Å². The van der Waals surface area contributed by atoms with Crippen LogP contribution in [0.4, 0.5) is 5.69 Å². The highest BCUT2D eigenvalue weighted by Crippen LogP contribution is 2.32. The van der Waals surface area contributed by atoms with Crippen LogP contribution in [0.5, 0.6) is 5.75 Å². The maximum atomic E-state index is 11.0. The zero-order chi connectivity index (χ0) is 12.3. The van der Waals surface area contributed by atoms with Gasteiger partial charge in [-0.2, -0.15) is 0 Å². The van der Waals surface area contributed by atoms with Crippen molar-refractivity contribution in [2.45, 2.75) is 0 Å². The highest BCUT2D eigenvalue weighted by Gasteiger charge is 2.23. The van der Waals surface area contributed by atoms with Crippen LogP contribution in [0.2, 0.25) is 0 Å². The molecule has 0 aromatic heterocycles. The van der Waals surface area contributed by atoms with E-state index in [0.29, 0.717) is 6.29 Å². The van der Waals surface area contributed by atoms with Crippen molar-refractivity contribution in [3.8, 4) is 5.75 Å². The summed E-state index contributed by atoms with van der Waals surface area (Å²) in [4.78, 5) is 31.5. The lowest BCUT2D eigenvalue weighted by atomic mass is 10.1. The highest BCUT2D eigenvalue weighted by atomic mass is 35.5. The van der Waals surface area contributed by atoms with Crippen LogP contribution in [-0.4, -0.2) is 23.6 Å². The summed E-state index contributed by atoms with van der Waals surface area (Å²) >= 11 is 5.24. The first-order valence-electron chi connectivity index (χ1n) is 4.02. The van der Waals surface area contributed by atoms with E-state index in [-0.39, 0.29) is 16.9 Å². The number of nitro benzene ring substituents is 1. The minimum absolute atomic E-state index is 0.0171. The first-order chi connectivity index (χ1) is 7.51. The van der Waals surface area contributed by atoms with Gasteiger partial charge >= 0.3 is 5.69 Å². The smallest absolute Gasteiger partial charge is 0.312 e. The molecule has 1 aromatic rings. The molecule has 0 aliphatic carbocycles. The van der Waals surface area contributed by atoms with Gasteiger partial charge in [0.2, 0.25) is 5.75 Å². The van der Waals surface area contributed by atoms with Gasteiger partial charge in [0, 0.05) is 11.6 Å². The van der Waals surface area contributed by atoms with Crippen LogP contribution in [-0.2, 0) is 0 Å². The molecule has 0 unspecified atom stereocenters. The molecular formula is C9H6ClNO5. The number of rotatable bonds is 4. The van der Waals surface area contributed by atoms with Crippen LogP contribution in [0.15, 0.2) is 12.1 Å². The number of aldehydes is 1. The lowest BCUT2D eigenvalue weighted by Crippen LogP contribution is -2.02. The third kappa shape index (κ3) is 2.17. The van der Waals surface area contributed by atoms with Gasteiger partial charge < -0.3 is 4.74 Å². The average Bonchev–Trinajstić information content (AvgIpc) is 2.26. The number of halogens is 1. The molecule has 1 aromatic carbocycles. The maximum absolute atomic E-state index is 11.0. The summed E-state index contributed by atoms with van der Waals surface area (Å²) in [5.74, 6) is -0.254. The molecule has 0 radical (unpaired) electrons. The van der Waals surface area contributed by atoms with E-state index in [1.807, 2.05) is 0 Å². The third-order valence-corrected chi connectivity index (χ3v) is 2.04. The Kier molecular flexibility index (Phi) is 3.57. The Morgan fingerprint density at radius 3 is 2.56 bits per heavy atom. The number of nitro groups is 1. The Morgan fingerprint density at radius 2 is 2.19 bits per heavy atom. The molecule has 84 valence electrons. The Morgan fingerprint density at radius 1 is 1.56 bits per heavy atom. The molecule has 0 aliphatic heterocycles. The quantitative estimate of drug-likeness (QED) is 0.348. The van der Waals surface area contributed by atoms with E-state index in [2.05, 4.69) is 0 Å². The van der Waals surface area contributed by atoms with Crippen molar-refractivity contribution in [1.82, 2.24) is 0 Å². The fourth-order valence-corrected chi connectivity index (χ4v) is 1.34. The number of hydrogen-bond donors (Lipinski definition) is 0. The minimum Gasteiger partial charge on any atom is -0.490 e. The van der Waals surface area contributed by atoms with Gasteiger partial charge in [-0.1, -0.05) is 0 Å². The molecule has 0 heterocycles. The third-order valence-electron chi connectivity index (χ3n) is 1.84. The summed E-state index contributed by atoms with van der Waals surface area (Å²) in [6.45, 7) is 0. The Bertz CT molecular complexity index is 436. The second-order valence-electron chi connectivity index (χ2n) is 2.77. The molecule has 16 heavy (non-hydrogen) atoms. The number of ether oxygens (including phenoxy) is 1. The molecular weight excluding hydrogens is 238 g/mol. The average molecular weight is 244 g/mol. The van der Waals surface area contributed by atoms with Crippen LogP contribution in [0.1, 0.15) is 20.7 Å². The van der Waals surface area contributed by atoms with E-state index in [0.717, 1.165) is 12.1 Å². The zero-order valence-corrected chi connectivity index (χ0v) is 8.85. The van der Waals surface area contributed by atoms with Crippen LogP contribution in [0.25, 0.3) is 0 Å². The molecule has 0 saturated heterocycles. The molecule has 0 saturated carbocycles. The normalized spacial score (nSPS) is 9.62. The van der Waals surface area contributed by atoms with Gasteiger partial charge in [-0.05, 0) is 17.7 Å². The van der Waals surface area contributed by atoms with Gasteiger partial charge in [0.05, 0.1) is 17.6 Å². The monoisotopic (exact) mass is 243 g/mol. The largest absolute Gasteiger partial charge is 0.490 e. The summed E-state index contributed by atoms with van der Waals surface area (Å²) in [5, 5.41) is 9.75. The molecule has 0 spiro atoms. The van der Waals surface area contributed by atoms with Gasteiger partial charge in [-0.3, -0.25) is 19.7 Å². The number of carbonyl (C=O) groups is 2. The molecule has 6 nitrogen and oxygen atoms in total. The molecule has 0 atom stereocenters. The van der Waals surface area contributed by atoms with Crippen LogP contribution < -0.4 is 4.74 Å². The maximum Gasteiger partial charge on any atom is 0.312 e. The Hall–Kier alpha value is -1.95. The lowest BCUT2D eigenvalue weighted by Gasteiger charge is -2.06. The molecule has 0 amide bonds. The van der Waals surface area contributed by atoms with E-state index in [1.54, 1.807) is 0 Å². The number of methoxy groups -OCH3 is 1. The Labute approximate surface area is 94.9 Å². The summed E-state index contributed by atoms with van der Waals surface area (Å²) in [7, 11) is 1.17. The van der Waals surface area contributed by atoms with Crippen LogP contribution >= 0.6 is 11.6 Å². The molecule has 0 N–H and O–H groups in total. The minimum atomic E-state index is -0.927. The standard InChI is InChI=1S/C9H6ClNO5/c1-16-8-6(9(10)13)2-5(4-12)3-7(8)11(14)15/h2-4H,1H3. The lowest BCUT2D eigenvalue weighted by molar-refractivity contribution is -0.385. The van der Waals surface area contributed by atoms with Crippen molar-refractivity contribution in [2.24, 2.45) is 0 Å². The molecule has 0 bridgehead atoms. The zero-order valence-electron chi connectivity index (χ0n) is 8.10. The number of hydrogen-bond acceptors (Lipinski definition) is 5. The number of benzene rings is 1. The predicted molar refractivity (Wildman–Crippen MR) is 55.2 cm³/mol. The number of nitrogens with zero attached hydrogens (tertiary/aromatic N) is 1. The molecule has 7 heteroatoms. The van der Waals surface area contributed by atoms with E-state index in [1.165, 1.54) is 7.11 Å². The van der Waals surface area contributed by atoms with E-state index >= 15 is 0 Å². The Balaban J connectivity index is 3.58.